The van der Waals surface area contributed by atoms with Gasteiger partial charge in [-0.1, -0.05) is 18.2 Å². The number of nitrogens with zero attached hydrogens (tertiary/aromatic N) is 1. The van der Waals surface area contributed by atoms with Gasteiger partial charge in [0.2, 0.25) is 5.91 Å². The fourth-order valence-corrected chi connectivity index (χ4v) is 2.25. The van der Waals surface area contributed by atoms with Crippen LogP contribution in [-0.2, 0) is 11.3 Å². The Kier molecular flexibility index (Phi) is 7.37. The number of methoxy groups -OCH3 is 2. The lowest BCUT2D eigenvalue weighted by atomic mass is 10.2. The van der Waals surface area contributed by atoms with Gasteiger partial charge in [-0.2, -0.15) is 5.10 Å². The van der Waals surface area contributed by atoms with Gasteiger partial charge in [-0.3, -0.25) is 9.59 Å². The SMILES string of the molecule is COc1ccc(CNC(=O)CC(C)=NNC(=O)c2cccc(OC)c2)cc1. The lowest BCUT2D eigenvalue weighted by Gasteiger charge is -2.07. The zero-order chi connectivity index (χ0) is 19.6. The van der Waals surface area contributed by atoms with Crippen molar-refractivity contribution in [3.63, 3.8) is 0 Å². The van der Waals surface area contributed by atoms with E-state index in [1.807, 2.05) is 24.3 Å². The number of carbonyl (C=O) groups excluding carboxylic acids is 2. The smallest absolute Gasteiger partial charge is 0.271 e. The van der Waals surface area contributed by atoms with Crippen molar-refractivity contribution in [3.8, 4) is 11.5 Å². The third kappa shape index (κ3) is 6.47. The average Bonchev–Trinajstić information content (AvgIpc) is 2.70. The second-order valence-electron chi connectivity index (χ2n) is 5.82. The highest BCUT2D eigenvalue weighted by molar-refractivity contribution is 6.01. The lowest BCUT2D eigenvalue weighted by molar-refractivity contribution is -0.120. The Balaban J connectivity index is 1.81. The molecule has 27 heavy (non-hydrogen) atoms. The van der Waals surface area contributed by atoms with Crippen LogP contribution < -0.4 is 20.2 Å². The summed E-state index contributed by atoms with van der Waals surface area (Å²) < 4.78 is 10.2. The third-order valence-electron chi connectivity index (χ3n) is 3.75. The van der Waals surface area contributed by atoms with E-state index >= 15 is 0 Å². The van der Waals surface area contributed by atoms with E-state index in [1.165, 1.54) is 7.11 Å². The molecule has 0 saturated carbocycles. The van der Waals surface area contributed by atoms with Crippen LogP contribution in [0.1, 0.15) is 29.3 Å². The van der Waals surface area contributed by atoms with Gasteiger partial charge in [0.1, 0.15) is 11.5 Å². The first kappa shape index (κ1) is 20.0. The quantitative estimate of drug-likeness (QED) is 0.553. The Morgan fingerprint density at radius 1 is 1.00 bits per heavy atom. The van der Waals surface area contributed by atoms with Gasteiger partial charge in [-0.15, -0.1) is 0 Å². The molecule has 0 aliphatic rings. The Morgan fingerprint density at radius 3 is 2.37 bits per heavy atom. The van der Waals surface area contributed by atoms with E-state index in [-0.39, 0.29) is 18.2 Å². The number of carbonyl (C=O) groups is 2. The maximum atomic E-state index is 12.1. The first-order chi connectivity index (χ1) is 13.0. The molecular formula is C20H23N3O4. The van der Waals surface area contributed by atoms with E-state index in [1.54, 1.807) is 38.3 Å². The fourth-order valence-electron chi connectivity index (χ4n) is 2.25. The largest absolute Gasteiger partial charge is 0.497 e. The van der Waals surface area contributed by atoms with Crippen LogP contribution in [0.15, 0.2) is 53.6 Å². The predicted molar refractivity (Wildman–Crippen MR) is 103 cm³/mol. The Hall–Kier alpha value is -3.35. The second-order valence-corrected chi connectivity index (χ2v) is 5.82. The molecule has 7 nitrogen and oxygen atoms in total. The van der Waals surface area contributed by atoms with E-state index in [0.717, 1.165) is 11.3 Å². The second kappa shape index (κ2) is 9.96. The monoisotopic (exact) mass is 369 g/mol. The average molecular weight is 369 g/mol. The summed E-state index contributed by atoms with van der Waals surface area (Å²) >= 11 is 0. The number of ether oxygens (including phenoxy) is 2. The van der Waals surface area contributed by atoms with Crippen LogP contribution in [0.3, 0.4) is 0 Å². The molecule has 0 bridgehead atoms. The molecule has 2 aromatic carbocycles. The van der Waals surface area contributed by atoms with Crippen molar-refractivity contribution < 1.29 is 19.1 Å². The highest BCUT2D eigenvalue weighted by Crippen LogP contribution is 2.12. The molecule has 0 aliphatic heterocycles. The number of hydrogen-bond acceptors (Lipinski definition) is 5. The molecule has 0 heterocycles. The Labute approximate surface area is 158 Å². The number of nitrogens with one attached hydrogen (secondary N) is 2. The molecule has 0 radical (unpaired) electrons. The highest BCUT2D eigenvalue weighted by atomic mass is 16.5. The summed E-state index contributed by atoms with van der Waals surface area (Å²) in [4.78, 5) is 24.1. The molecule has 0 spiro atoms. The van der Waals surface area contributed by atoms with Crippen molar-refractivity contribution in [2.24, 2.45) is 5.10 Å². The summed E-state index contributed by atoms with van der Waals surface area (Å²) in [6.07, 6.45) is 0.0918. The summed E-state index contributed by atoms with van der Waals surface area (Å²) in [6, 6.07) is 14.2. The van der Waals surface area contributed by atoms with Gasteiger partial charge in [0.25, 0.3) is 5.91 Å². The molecule has 0 aliphatic carbocycles. The molecule has 2 amide bonds. The molecule has 2 aromatic rings. The number of amides is 2. The molecule has 0 fully saturated rings. The van der Waals surface area contributed by atoms with Gasteiger partial charge in [-0.05, 0) is 42.8 Å². The zero-order valence-electron chi connectivity index (χ0n) is 15.6. The van der Waals surface area contributed by atoms with Gasteiger partial charge in [-0.25, -0.2) is 5.43 Å². The van der Waals surface area contributed by atoms with E-state index in [9.17, 15) is 9.59 Å². The van der Waals surface area contributed by atoms with Gasteiger partial charge in [0, 0.05) is 17.8 Å². The van der Waals surface area contributed by atoms with Gasteiger partial charge in [0.15, 0.2) is 0 Å². The lowest BCUT2D eigenvalue weighted by Crippen LogP contribution is -2.26. The minimum Gasteiger partial charge on any atom is -0.497 e. The van der Waals surface area contributed by atoms with E-state index in [2.05, 4.69) is 15.8 Å². The first-order valence-corrected chi connectivity index (χ1v) is 8.39. The normalized spacial score (nSPS) is 10.9. The van der Waals surface area contributed by atoms with Crippen LogP contribution in [0.5, 0.6) is 11.5 Å². The van der Waals surface area contributed by atoms with Crippen LogP contribution in [-0.4, -0.2) is 31.7 Å². The van der Waals surface area contributed by atoms with Gasteiger partial charge < -0.3 is 14.8 Å². The van der Waals surface area contributed by atoms with Crippen LogP contribution in [0, 0.1) is 0 Å². The van der Waals surface area contributed by atoms with Crippen LogP contribution in [0.2, 0.25) is 0 Å². The maximum absolute atomic E-state index is 12.1. The molecule has 0 aromatic heterocycles. The van der Waals surface area contributed by atoms with E-state index in [4.69, 9.17) is 9.47 Å². The predicted octanol–water partition coefficient (Wildman–Crippen LogP) is 2.52. The minimum absolute atomic E-state index is 0.0918. The van der Waals surface area contributed by atoms with Crippen molar-refractivity contribution in [2.45, 2.75) is 19.9 Å². The minimum atomic E-state index is -0.369. The molecule has 2 rings (SSSR count). The van der Waals surface area contributed by atoms with Crippen molar-refractivity contribution in [1.29, 1.82) is 0 Å². The van der Waals surface area contributed by atoms with Crippen molar-refractivity contribution in [2.75, 3.05) is 14.2 Å². The van der Waals surface area contributed by atoms with Gasteiger partial charge >= 0.3 is 0 Å². The molecular weight excluding hydrogens is 346 g/mol. The summed E-state index contributed by atoms with van der Waals surface area (Å²) in [5, 5.41) is 6.78. The number of rotatable bonds is 8. The number of hydrazone groups is 1. The summed E-state index contributed by atoms with van der Waals surface area (Å²) in [7, 11) is 3.13. The molecule has 142 valence electrons. The van der Waals surface area contributed by atoms with E-state index in [0.29, 0.717) is 23.6 Å². The summed E-state index contributed by atoms with van der Waals surface area (Å²) in [5.74, 6) is 0.802. The van der Waals surface area contributed by atoms with Gasteiger partial charge in [0.05, 0.1) is 20.6 Å². The molecule has 7 heteroatoms. The van der Waals surface area contributed by atoms with Crippen LogP contribution in [0.4, 0.5) is 0 Å². The number of benzene rings is 2. The summed E-state index contributed by atoms with van der Waals surface area (Å²) in [5.41, 5.74) is 4.33. The first-order valence-electron chi connectivity index (χ1n) is 8.39. The zero-order valence-corrected chi connectivity index (χ0v) is 15.6. The molecule has 0 saturated heterocycles. The van der Waals surface area contributed by atoms with Crippen molar-refractivity contribution in [1.82, 2.24) is 10.7 Å². The molecule has 0 atom stereocenters. The Bertz CT molecular complexity index is 816. The standard InChI is InChI=1S/C20H23N3O4/c1-14(22-23-20(25)16-5-4-6-18(12-16)27-3)11-19(24)21-13-15-7-9-17(26-2)10-8-15/h4-10,12H,11,13H2,1-3H3,(H,21,24)(H,23,25). The number of hydrogen-bond donors (Lipinski definition) is 2. The molecule has 2 N–H and O–H groups in total. The highest BCUT2D eigenvalue weighted by Gasteiger charge is 2.07. The topological polar surface area (TPSA) is 89.0 Å². The Morgan fingerprint density at radius 2 is 1.70 bits per heavy atom. The fraction of sp³-hybridized carbons (Fsp3) is 0.250. The maximum Gasteiger partial charge on any atom is 0.271 e. The van der Waals surface area contributed by atoms with Crippen molar-refractivity contribution >= 4 is 17.5 Å². The van der Waals surface area contributed by atoms with Crippen LogP contribution in [0.25, 0.3) is 0 Å². The van der Waals surface area contributed by atoms with Crippen LogP contribution >= 0.6 is 0 Å². The molecule has 0 unspecified atom stereocenters. The summed E-state index contributed by atoms with van der Waals surface area (Å²) in [6.45, 7) is 2.09. The van der Waals surface area contributed by atoms with Crippen molar-refractivity contribution in [3.05, 3.63) is 59.7 Å². The van der Waals surface area contributed by atoms with E-state index < -0.39 is 0 Å². The third-order valence-corrected chi connectivity index (χ3v) is 3.75.